The molecule has 1 aliphatic rings. The van der Waals surface area contributed by atoms with E-state index in [1.807, 2.05) is 0 Å². The van der Waals surface area contributed by atoms with Crippen molar-refractivity contribution >= 4 is 0 Å². The second kappa shape index (κ2) is 3.97. The number of benzene rings is 1. The van der Waals surface area contributed by atoms with Crippen molar-refractivity contribution in [3.63, 3.8) is 0 Å². The van der Waals surface area contributed by atoms with Crippen LogP contribution in [0.4, 0.5) is 0 Å². The third kappa shape index (κ3) is 2.40. The van der Waals surface area contributed by atoms with Gasteiger partial charge in [-0.05, 0) is 55.7 Å². The van der Waals surface area contributed by atoms with E-state index in [1.165, 1.54) is 24.8 Å². The van der Waals surface area contributed by atoms with Gasteiger partial charge in [0.15, 0.2) is 0 Å². The number of fused-ring (bicyclic) bond motifs is 1. The Balaban J connectivity index is 2.17. The van der Waals surface area contributed by atoms with E-state index in [0.717, 1.165) is 12.8 Å². The highest BCUT2D eigenvalue weighted by Gasteiger charge is 2.18. The Morgan fingerprint density at radius 2 is 2.00 bits per heavy atom. The summed E-state index contributed by atoms with van der Waals surface area (Å²) in [7, 11) is 0. The summed E-state index contributed by atoms with van der Waals surface area (Å²) in [6.45, 7) is 4.30. The van der Waals surface area contributed by atoms with Crippen molar-refractivity contribution in [1.29, 1.82) is 0 Å². The highest BCUT2D eigenvalue weighted by Crippen LogP contribution is 2.24. The lowest BCUT2D eigenvalue weighted by Gasteiger charge is -2.23. The summed E-state index contributed by atoms with van der Waals surface area (Å²) in [6.07, 6.45) is 5.88. The number of hydrogen-bond donors (Lipinski definition) is 1. The van der Waals surface area contributed by atoms with Gasteiger partial charge >= 0.3 is 0 Å². The van der Waals surface area contributed by atoms with Gasteiger partial charge in [-0.15, -0.1) is 0 Å². The Morgan fingerprint density at radius 3 is 2.73 bits per heavy atom. The molecule has 1 unspecified atom stereocenters. The van der Waals surface area contributed by atoms with Gasteiger partial charge in [-0.2, -0.15) is 0 Å². The first kappa shape index (κ1) is 10.7. The van der Waals surface area contributed by atoms with Gasteiger partial charge in [0.25, 0.3) is 0 Å². The molecule has 1 atom stereocenters. The zero-order valence-corrected chi connectivity index (χ0v) is 9.84. The van der Waals surface area contributed by atoms with Crippen LogP contribution >= 0.6 is 0 Å². The molecule has 0 aliphatic heterocycles. The first-order valence-electron chi connectivity index (χ1n) is 6.00. The largest absolute Gasteiger partial charge is 0.325 e. The second-order valence-corrected chi connectivity index (χ2v) is 5.14. The van der Waals surface area contributed by atoms with Crippen LogP contribution < -0.4 is 5.73 Å². The van der Waals surface area contributed by atoms with E-state index in [2.05, 4.69) is 32.0 Å². The maximum Gasteiger partial charge on any atom is 0.0163 e. The van der Waals surface area contributed by atoms with Crippen molar-refractivity contribution in [3.8, 4) is 0 Å². The molecule has 0 bridgehead atoms. The lowest BCUT2D eigenvalue weighted by molar-refractivity contribution is 0.450. The monoisotopic (exact) mass is 203 g/mol. The maximum absolute atomic E-state index is 6.19. The van der Waals surface area contributed by atoms with E-state index in [4.69, 9.17) is 5.73 Å². The van der Waals surface area contributed by atoms with Crippen LogP contribution in [-0.2, 0) is 19.3 Å². The molecular formula is C14H21N. The molecule has 82 valence electrons. The minimum atomic E-state index is -0.0488. The van der Waals surface area contributed by atoms with Crippen LogP contribution in [0.3, 0.4) is 0 Å². The topological polar surface area (TPSA) is 26.0 Å². The average molecular weight is 203 g/mol. The molecule has 0 saturated carbocycles. The normalized spacial score (nSPS) is 18.6. The number of rotatable bonds is 3. The summed E-state index contributed by atoms with van der Waals surface area (Å²) in [5.41, 5.74) is 10.7. The minimum Gasteiger partial charge on any atom is -0.325 e. The lowest BCUT2D eigenvalue weighted by atomic mass is 9.90. The summed E-state index contributed by atoms with van der Waals surface area (Å²) < 4.78 is 0. The molecular weight excluding hydrogens is 182 g/mol. The molecule has 0 heterocycles. The van der Waals surface area contributed by atoms with Gasteiger partial charge < -0.3 is 5.73 Å². The number of hydrogen-bond acceptors (Lipinski definition) is 1. The second-order valence-electron chi connectivity index (χ2n) is 5.14. The first-order chi connectivity index (χ1) is 7.11. The van der Waals surface area contributed by atoms with Crippen LogP contribution in [-0.4, -0.2) is 5.54 Å². The van der Waals surface area contributed by atoms with Crippen LogP contribution in [0, 0.1) is 0 Å². The van der Waals surface area contributed by atoms with Gasteiger partial charge in [0.2, 0.25) is 0 Å². The van der Waals surface area contributed by atoms with Crippen molar-refractivity contribution in [3.05, 3.63) is 34.9 Å². The molecule has 1 aromatic rings. The SMILES string of the molecule is CCC(C)(N)Cc1ccc2c(c1)CCC2. The van der Waals surface area contributed by atoms with E-state index in [9.17, 15) is 0 Å². The molecule has 2 rings (SSSR count). The lowest BCUT2D eigenvalue weighted by Crippen LogP contribution is -2.37. The summed E-state index contributed by atoms with van der Waals surface area (Å²) >= 11 is 0. The Hall–Kier alpha value is -0.820. The van der Waals surface area contributed by atoms with Crippen molar-refractivity contribution < 1.29 is 0 Å². The van der Waals surface area contributed by atoms with Crippen LogP contribution in [0.25, 0.3) is 0 Å². The Morgan fingerprint density at radius 1 is 1.27 bits per heavy atom. The Kier molecular flexibility index (Phi) is 2.83. The van der Waals surface area contributed by atoms with Crippen molar-refractivity contribution in [2.24, 2.45) is 5.73 Å². The predicted molar refractivity (Wildman–Crippen MR) is 65.1 cm³/mol. The van der Waals surface area contributed by atoms with Gasteiger partial charge in [-0.1, -0.05) is 25.1 Å². The predicted octanol–water partition coefficient (Wildman–Crippen LogP) is 2.85. The molecule has 1 aromatic carbocycles. The Labute approximate surface area is 92.7 Å². The molecule has 0 saturated heterocycles. The fourth-order valence-corrected chi connectivity index (χ4v) is 2.33. The van der Waals surface area contributed by atoms with E-state index in [1.54, 1.807) is 11.1 Å². The van der Waals surface area contributed by atoms with Crippen LogP contribution in [0.1, 0.15) is 43.4 Å². The summed E-state index contributed by atoms with van der Waals surface area (Å²) in [4.78, 5) is 0. The van der Waals surface area contributed by atoms with E-state index < -0.39 is 0 Å². The zero-order chi connectivity index (χ0) is 10.9. The molecule has 0 radical (unpaired) electrons. The molecule has 0 amide bonds. The standard InChI is InChI=1S/C14H21N/c1-3-14(2,15)10-11-7-8-12-5-4-6-13(12)9-11/h7-9H,3-6,10,15H2,1-2H3. The molecule has 0 aromatic heterocycles. The van der Waals surface area contributed by atoms with Crippen LogP contribution in [0.5, 0.6) is 0 Å². The van der Waals surface area contributed by atoms with Gasteiger partial charge in [0, 0.05) is 5.54 Å². The fraction of sp³-hybridized carbons (Fsp3) is 0.571. The third-order valence-electron chi connectivity index (χ3n) is 3.58. The van der Waals surface area contributed by atoms with Crippen molar-refractivity contribution in [2.75, 3.05) is 0 Å². The quantitative estimate of drug-likeness (QED) is 0.803. The molecule has 1 aliphatic carbocycles. The highest BCUT2D eigenvalue weighted by atomic mass is 14.7. The number of aryl methyl sites for hydroxylation is 2. The summed E-state index contributed by atoms with van der Waals surface area (Å²) in [6, 6.07) is 6.91. The molecule has 2 N–H and O–H groups in total. The van der Waals surface area contributed by atoms with Crippen molar-refractivity contribution in [2.45, 2.75) is 51.5 Å². The fourth-order valence-electron chi connectivity index (χ4n) is 2.33. The van der Waals surface area contributed by atoms with Gasteiger partial charge in [0.05, 0.1) is 0 Å². The number of nitrogens with two attached hydrogens (primary N) is 1. The van der Waals surface area contributed by atoms with Gasteiger partial charge in [0.1, 0.15) is 0 Å². The van der Waals surface area contributed by atoms with E-state index in [0.29, 0.717) is 0 Å². The van der Waals surface area contributed by atoms with E-state index >= 15 is 0 Å². The molecule has 1 heteroatoms. The summed E-state index contributed by atoms with van der Waals surface area (Å²) in [5, 5.41) is 0. The van der Waals surface area contributed by atoms with Crippen molar-refractivity contribution in [1.82, 2.24) is 0 Å². The smallest absolute Gasteiger partial charge is 0.0163 e. The van der Waals surface area contributed by atoms with Crippen LogP contribution in [0.2, 0.25) is 0 Å². The first-order valence-corrected chi connectivity index (χ1v) is 6.00. The van der Waals surface area contributed by atoms with Gasteiger partial charge in [-0.25, -0.2) is 0 Å². The Bertz CT molecular complexity index is 352. The van der Waals surface area contributed by atoms with Gasteiger partial charge in [-0.3, -0.25) is 0 Å². The van der Waals surface area contributed by atoms with E-state index in [-0.39, 0.29) is 5.54 Å². The average Bonchev–Trinajstić information content (AvgIpc) is 2.64. The maximum atomic E-state index is 6.19. The zero-order valence-electron chi connectivity index (χ0n) is 9.84. The molecule has 1 nitrogen and oxygen atoms in total. The summed E-state index contributed by atoms with van der Waals surface area (Å²) in [5.74, 6) is 0. The molecule has 15 heavy (non-hydrogen) atoms. The van der Waals surface area contributed by atoms with Crippen LogP contribution in [0.15, 0.2) is 18.2 Å². The molecule has 0 spiro atoms. The highest BCUT2D eigenvalue weighted by molar-refractivity contribution is 5.35. The minimum absolute atomic E-state index is 0.0488. The third-order valence-corrected chi connectivity index (χ3v) is 3.58. The molecule has 0 fully saturated rings.